The molecule has 0 aromatic heterocycles. The Labute approximate surface area is 250 Å². The number of carbonyl (C=O) groups is 3. The molecule has 43 heavy (non-hydrogen) atoms. The monoisotopic (exact) mass is 594 g/mol. The summed E-state index contributed by atoms with van der Waals surface area (Å²) >= 11 is 0. The number of ether oxygens (including phenoxy) is 4. The molecule has 0 radical (unpaired) electrons. The highest BCUT2D eigenvalue weighted by Gasteiger charge is 2.85. The average molecular weight is 595 g/mol. The van der Waals surface area contributed by atoms with Gasteiger partial charge in [-0.1, -0.05) is 48.5 Å². The number of hydrogen-bond donors (Lipinski definition) is 3. The molecule has 2 aliphatic carbocycles. The molecule has 2 bridgehead atoms. The topological polar surface area (TPSA) is 149 Å². The second kappa shape index (κ2) is 11.2. The van der Waals surface area contributed by atoms with Crippen LogP contribution in [0, 0.1) is 11.3 Å². The summed E-state index contributed by atoms with van der Waals surface area (Å²) in [4.78, 5) is 39.1. The lowest BCUT2D eigenvalue weighted by molar-refractivity contribution is -0.347. The first kappa shape index (κ1) is 30.9. The third-order valence-corrected chi connectivity index (χ3v) is 9.36. The van der Waals surface area contributed by atoms with Crippen molar-refractivity contribution >= 4 is 24.0 Å². The first-order valence-electron chi connectivity index (χ1n) is 14.4. The fraction of sp³-hybridized carbons (Fsp3) is 0.485. The Balaban J connectivity index is 1.66. The number of benzene rings is 2. The quantitative estimate of drug-likeness (QED) is 0.248. The van der Waals surface area contributed by atoms with Crippen LogP contribution in [-0.2, 0) is 28.5 Å². The molecule has 10 nitrogen and oxygen atoms in total. The van der Waals surface area contributed by atoms with Crippen molar-refractivity contribution in [3.05, 3.63) is 77.9 Å². The molecule has 0 amide bonds. The third-order valence-electron chi connectivity index (χ3n) is 9.36. The minimum absolute atomic E-state index is 0.0183. The predicted molar refractivity (Wildman–Crippen MR) is 153 cm³/mol. The largest absolute Gasteiger partial charge is 0.465 e. The van der Waals surface area contributed by atoms with E-state index in [2.05, 4.69) is 0 Å². The van der Waals surface area contributed by atoms with Gasteiger partial charge in [0.2, 0.25) is 0 Å². The molecule has 1 saturated heterocycles. The molecule has 2 aromatic carbocycles. The van der Waals surface area contributed by atoms with Crippen LogP contribution in [0.5, 0.6) is 0 Å². The Kier molecular flexibility index (Phi) is 8.02. The molecule has 2 saturated carbocycles. The Bertz CT molecular complexity index is 1390. The van der Waals surface area contributed by atoms with Crippen LogP contribution < -0.4 is 0 Å². The zero-order valence-corrected chi connectivity index (χ0v) is 24.6. The van der Waals surface area contributed by atoms with Gasteiger partial charge in [0.05, 0.1) is 22.9 Å². The van der Waals surface area contributed by atoms with Crippen molar-refractivity contribution in [2.24, 2.45) is 11.3 Å². The maximum atomic E-state index is 13.5. The minimum atomic E-state index is -1.99. The first-order valence-corrected chi connectivity index (χ1v) is 14.4. The summed E-state index contributed by atoms with van der Waals surface area (Å²) < 4.78 is 24.2. The predicted octanol–water partition coefficient (Wildman–Crippen LogP) is 2.83. The van der Waals surface area contributed by atoms with Crippen molar-refractivity contribution in [2.75, 3.05) is 6.61 Å². The van der Waals surface area contributed by atoms with Crippen LogP contribution in [-0.4, -0.2) is 81.1 Å². The van der Waals surface area contributed by atoms with Gasteiger partial charge in [-0.25, -0.2) is 9.59 Å². The van der Waals surface area contributed by atoms with Crippen LogP contribution in [0.15, 0.2) is 66.7 Å². The van der Waals surface area contributed by atoms with Gasteiger partial charge in [0.15, 0.2) is 0 Å². The van der Waals surface area contributed by atoms with Crippen LogP contribution >= 0.6 is 0 Å². The van der Waals surface area contributed by atoms with Gasteiger partial charge in [-0.2, -0.15) is 0 Å². The molecule has 230 valence electrons. The fourth-order valence-electron chi connectivity index (χ4n) is 7.56. The van der Waals surface area contributed by atoms with Crippen LogP contribution in [0.4, 0.5) is 0 Å². The Morgan fingerprint density at radius 3 is 2.23 bits per heavy atom. The Morgan fingerprint density at radius 1 is 0.977 bits per heavy atom. The number of rotatable bonds is 7. The van der Waals surface area contributed by atoms with Gasteiger partial charge >= 0.3 is 17.9 Å². The maximum absolute atomic E-state index is 13.5. The highest BCUT2D eigenvalue weighted by Crippen LogP contribution is 2.68. The number of aliphatic hydroxyl groups excluding tert-OH is 2. The third kappa shape index (κ3) is 4.96. The van der Waals surface area contributed by atoms with Crippen molar-refractivity contribution < 1.29 is 48.7 Å². The molecule has 3 N–H and O–H groups in total. The molecule has 3 fully saturated rings. The van der Waals surface area contributed by atoms with E-state index >= 15 is 0 Å². The average Bonchev–Trinajstić information content (AvgIpc) is 3.15. The lowest BCUT2D eigenvalue weighted by atomic mass is 9.46. The van der Waals surface area contributed by atoms with Gasteiger partial charge in [0, 0.05) is 18.9 Å². The van der Waals surface area contributed by atoms with E-state index in [1.807, 2.05) is 18.2 Å². The number of aliphatic hydroxyl groups is 3. The van der Waals surface area contributed by atoms with E-state index in [-0.39, 0.29) is 18.4 Å². The summed E-state index contributed by atoms with van der Waals surface area (Å²) in [7, 11) is 0. The van der Waals surface area contributed by atoms with Crippen LogP contribution in [0.3, 0.4) is 0 Å². The van der Waals surface area contributed by atoms with Crippen molar-refractivity contribution in [3.63, 3.8) is 0 Å². The van der Waals surface area contributed by atoms with Crippen molar-refractivity contribution in [2.45, 2.75) is 81.8 Å². The lowest BCUT2D eigenvalue weighted by Gasteiger charge is -2.65. The SMILES string of the molecule is CC(=O)OC[C@@]12[C@@H](OC(=O)/C=C/c3ccccc3)CC[C@](C)(O)[C@]13OC(C)(C)[C@H]([C@H](O)[C@H]2OC(=O)c1ccccc1)[C@H]3O. The standard InChI is InChI=1S/C33H38O10/c1-20(34)40-19-32-23(41-24(35)16-15-21-11-7-5-8-12-21)17-18-31(4,39)33(32)27(37)25(30(2,3)43-33)26(36)28(32)42-29(38)22-13-9-6-10-14-22/h5-16,23,25-28,36-37,39H,17-19H2,1-4H3/b16-15+/t23-,25+,26-,27+,28+,31-,32-,33-/m0/s1. The number of hydrogen-bond acceptors (Lipinski definition) is 10. The molecule has 8 atom stereocenters. The van der Waals surface area contributed by atoms with Crippen LogP contribution in [0.2, 0.25) is 0 Å². The molecule has 1 heterocycles. The van der Waals surface area contributed by atoms with E-state index in [4.69, 9.17) is 18.9 Å². The number of esters is 3. The first-order chi connectivity index (χ1) is 20.3. The van der Waals surface area contributed by atoms with E-state index < -0.39 is 77.1 Å². The molecule has 1 spiro atoms. The highest BCUT2D eigenvalue weighted by atomic mass is 16.6. The molecular weight excluding hydrogens is 556 g/mol. The van der Waals surface area contributed by atoms with Gasteiger partial charge in [0.1, 0.15) is 35.9 Å². The molecule has 10 heteroatoms. The number of fused-ring (bicyclic) bond motifs is 1. The Hall–Kier alpha value is -3.57. The second-order valence-corrected chi connectivity index (χ2v) is 12.4. The fourth-order valence-corrected chi connectivity index (χ4v) is 7.56. The van der Waals surface area contributed by atoms with Gasteiger partial charge < -0.3 is 34.3 Å². The second-order valence-electron chi connectivity index (χ2n) is 12.4. The smallest absolute Gasteiger partial charge is 0.338 e. The summed E-state index contributed by atoms with van der Waals surface area (Å²) in [5.74, 6) is -3.29. The van der Waals surface area contributed by atoms with Crippen molar-refractivity contribution in [1.82, 2.24) is 0 Å². The molecule has 3 aliphatic rings. The van der Waals surface area contributed by atoms with Gasteiger partial charge in [-0.05, 0) is 57.4 Å². The van der Waals surface area contributed by atoms with E-state index in [9.17, 15) is 29.7 Å². The zero-order chi connectivity index (χ0) is 31.2. The molecular formula is C33H38O10. The summed E-state index contributed by atoms with van der Waals surface area (Å²) in [5.41, 5.74) is -6.01. The summed E-state index contributed by atoms with van der Waals surface area (Å²) in [6.07, 6.45) is -2.99. The zero-order valence-electron chi connectivity index (χ0n) is 24.6. The summed E-state index contributed by atoms with van der Waals surface area (Å²) in [5, 5.41) is 35.9. The molecule has 0 unspecified atom stereocenters. The van der Waals surface area contributed by atoms with Gasteiger partial charge in [-0.15, -0.1) is 0 Å². The lowest BCUT2D eigenvalue weighted by Crippen LogP contribution is -2.83. The number of carbonyl (C=O) groups excluding carboxylic acids is 3. The van der Waals surface area contributed by atoms with E-state index in [0.717, 1.165) is 5.56 Å². The molecule has 1 aliphatic heterocycles. The van der Waals surface area contributed by atoms with Gasteiger partial charge in [0.25, 0.3) is 0 Å². The minimum Gasteiger partial charge on any atom is -0.465 e. The van der Waals surface area contributed by atoms with E-state index in [1.165, 1.54) is 19.9 Å². The normalized spacial score (nSPS) is 36.0. The van der Waals surface area contributed by atoms with Crippen LogP contribution in [0.1, 0.15) is 56.5 Å². The van der Waals surface area contributed by atoms with Crippen molar-refractivity contribution in [3.8, 4) is 0 Å². The maximum Gasteiger partial charge on any atom is 0.338 e. The van der Waals surface area contributed by atoms with Crippen LogP contribution in [0.25, 0.3) is 6.08 Å². The summed E-state index contributed by atoms with van der Waals surface area (Å²) in [6, 6.07) is 17.2. The molecule has 5 rings (SSSR count). The molecule has 2 aromatic rings. The highest BCUT2D eigenvalue weighted by molar-refractivity contribution is 5.89. The van der Waals surface area contributed by atoms with E-state index in [1.54, 1.807) is 62.4 Å². The van der Waals surface area contributed by atoms with Gasteiger partial charge in [-0.3, -0.25) is 4.79 Å². The summed E-state index contributed by atoms with van der Waals surface area (Å²) in [6.45, 7) is 5.38. The Morgan fingerprint density at radius 2 is 1.60 bits per heavy atom. The van der Waals surface area contributed by atoms with Crippen molar-refractivity contribution in [1.29, 1.82) is 0 Å². The van der Waals surface area contributed by atoms with E-state index in [0.29, 0.717) is 0 Å².